The van der Waals surface area contributed by atoms with Crippen LogP contribution in [-0.2, 0) is 14.3 Å². The Balaban J connectivity index is 4.03. The average Bonchev–Trinajstić information content (AvgIpc) is 1.88. The van der Waals surface area contributed by atoms with Gasteiger partial charge in [-0.25, -0.2) is 4.39 Å². The third kappa shape index (κ3) is 2.97. The zero-order valence-electron chi connectivity index (χ0n) is 6.04. The molecule has 0 heterocycles. The van der Waals surface area contributed by atoms with Crippen LogP contribution in [0.15, 0.2) is 0 Å². The molecule has 0 spiro atoms. The van der Waals surface area contributed by atoms with Crippen molar-refractivity contribution < 1.29 is 23.8 Å². The fraction of sp³-hybridized carbons (Fsp3) is 0.667. The molecule has 0 saturated heterocycles. The van der Waals surface area contributed by atoms with E-state index in [-0.39, 0.29) is 6.61 Å². The van der Waals surface area contributed by atoms with Gasteiger partial charge in [-0.2, -0.15) is 0 Å². The maximum Gasteiger partial charge on any atom is 0.323 e. The Hall–Kier alpha value is -1.13. The van der Waals surface area contributed by atoms with E-state index in [0.29, 0.717) is 0 Å². The number of alkyl halides is 1. The van der Waals surface area contributed by atoms with Gasteiger partial charge in [0.15, 0.2) is 5.92 Å². The number of carbonyl (C=O) groups excluding carboxylic acids is 1. The van der Waals surface area contributed by atoms with Crippen LogP contribution in [0.1, 0.15) is 6.92 Å². The smallest absolute Gasteiger partial charge is 0.323 e. The minimum Gasteiger partial charge on any atom is -0.481 e. The van der Waals surface area contributed by atoms with E-state index in [1.165, 1.54) is 6.92 Å². The van der Waals surface area contributed by atoms with Gasteiger partial charge < -0.3 is 9.84 Å². The van der Waals surface area contributed by atoms with E-state index in [9.17, 15) is 14.0 Å². The highest BCUT2D eigenvalue weighted by Gasteiger charge is 2.27. The first kappa shape index (κ1) is 9.87. The van der Waals surface area contributed by atoms with Crippen molar-refractivity contribution in [1.82, 2.24) is 0 Å². The molecule has 5 heteroatoms. The van der Waals surface area contributed by atoms with Crippen molar-refractivity contribution >= 4 is 11.9 Å². The second-order valence-corrected chi connectivity index (χ2v) is 1.80. The number of halogens is 1. The predicted molar refractivity (Wildman–Crippen MR) is 33.7 cm³/mol. The van der Waals surface area contributed by atoms with Crippen molar-refractivity contribution in [1.29, 1.82) is 0 Å². The molecule has 0 amide bonds. The summed E-state index contributed by atoms with van der Waals surface area (Å²) in [7, 11) is 0. The summed E-state index contributed by atoms with van der Waals surface area (Å²) in [6.45, 7) is 0.353. The standard InChI is InChI=1S/C6H9FO4/c1-2-11-6(10)4(3-7)5(8)9/h4H,2-3H2,1H3,(H,8,9). The van der Waals surface area contributed by atoms with Crippen molar-refractivity contribution in [3.8, 4) is 0 Å². The fourth-order valence-electron chi connectivity index (χ4n) is 0.473. The Bertz CT molecular complexity index is 157. The highest BCUT2D eigenvalue weighted by atomic mass is 19.1. The van der Waals surface area contributed by atoms with Gasteiger partial charge >= 0.3 is 11.9 Å². The summed E-state index contributed by atoms with van der Waals surface area (Å²) in [5.41, 5.74) is 0. The average molecular weight is 164 g/mol. The molecule has 0 bridgehead atoms. The van der Waals surface area contributed by atoms with Gasteiger partial charge in [-0.3, -0.25) is 9.59 Å². The first-order valence-corrected chi connectivity index (χ1v) is 3.08. The second kappa shape index (κ2) is 4.65. The van der Waals surface area contributed by atoms with Crippen molar-refractivity contribution in [3.05, 3.63) is 0 Å². The maximum atomic E-state index is 11.8. The van der Waals surface area contributed by atoms with Gasteiger partial charge in [0.2, 0.25) is 0 Å². The Morgan fingerprint density at radius 3 is 2.45 bits per heavy atom. The predicted octanol–water partition coefficient (Wildman–Crippen LogP) is 0.220. The molecule has 4 nitrogen and oxygen atoms in total. The van der Waals surface area contributed by atoms with Crippen molar-refractivity contribution in [2.45, 2.75) is 6.92 Å². The Morgan fingerprint density at radius 1 is 1.64 bits per heavy atom. The Labute approximate surface area is 63.0 Å². The minimum atomic E-state index is -1.67. The van der Waals surface area contributed by atoms with E-state index in [1.807, 2.05) is 0 Å². The molecule has 0 aliphatic heterocycles. The quantitative estimate of drug-likeness (QED) is 0.477. The molecule has 0 aromatic rings. The molecule has 0 aromatic carbocycles. The zero-order chi connectivity index (χ0) is 8.85. The molecule has 1 N–H and O–H groups in total. The van der Waals surface area contributed by atoms with Crippen LogP contribution in [-0.4, -0.2) is 30.3 Å². The van der Waals surface area contributed by atoms with Crippen LogP contribution in [0, 0.1) is 5.92 Å². The van der Waals surface area contributed by atoms with Crippen LogP contribution in [0.3, 0.4) is 0 Å². The van der Waals surface area contributed by atoms with E-state index >= 15 is 0 Å². The summed E-state index contributed by atoms with van der Waals surface area (Å²) in [5, 5.41) is 8.23. The lowest BCUT2D eigenvalue weighted by Gasteiger charge is -2.05. The molecule has 0 fully saturated rings. The van der Waals surface area contributed by atoms with Gasteiger partial charge in [0.1, 0.15) is 6.67 Å². The van der Waals surface area contributed by atoms with E-state index in [2.05, 4.69) is 4.74 Å². The molecule has 64 valence electrons. The van der Waals surface area contributed by atoms with Gasteiger partial charge in [0.05, 0.1) is 6.61 Å². The van der Waals surface area contributed by atoms with Crippen molar-refractivity contribution in [2.24, 2.45) is 5.92 Å². The SMILES string of the molecule is CCOC(=O)C(CF)C(=O)O. The number of rotatable bonds is 4. The van der Waals surface area contributed by atoms with Crippen molar-refractivity contribution in [3.63, 3.8) is 0 Å². The number of carbonyl (C=O) groups is 2. The number of aliphatic carboxylic acids is 1. The second-order valence-electron chi connectivity index (χ2n) is 1.80. The molecule has 0 radical (unpaired) electrons. The van der Waals surface area contributed by atoms with Gasteiger partial charge in [0.25, 0.3) is 0 Å². The Kier molecular flexibility index (Phi) is 4.17. The van der Waals surface area contributed by atoms with E-state index in [4.69, 9.17) is 5.11 Å². The van der Waals surface area contributed by atoms with Crippen LogP contribution >= 0.6 is 0 Å². The summed E-state index contributed by atoms with van der Waals surface area (Å²) in [4.78, 5) is 20.7. The highest BCUT2D eigenvalue weighted by molar-refractivity contribution is 5.94. The van der Waals surface area contributed by atoms with E-state index in [0.717, 1.165) is 0 Å². The van der Waals surface area contributed by atoms with Crippen molar-refractivity contribution in [2.75, 3.05) is 13.3 Å². The number of carboxylic acids is 1. The molecular formula is C6H9FO4. The lowest BCUT2D eigenvalue weighted by Crippen LogP contribution is -2.27. The summed E-state index contributed by atoms with van der Waals surface area (Å²) in [6, 6.07) is 0. The number of hydrogen-bond acceptors (Lipinski definition) is 3. The maximum absolute atomic E-state index is 11.8. The van der Waals surface area contributed by atoms with E-state index < -0.39 is 24.5 Å². The molecule has 0 aliphatic rings. The molecule has 11 heavy (non-hydrogen) atoms. The largest absolute Gasteiger partial charge is 0.481 e. The molecular weight excluding hydrogens is 155 g/mol. The van der Waals surface area contributed by atoms with Crippen LogP contribution < -0.4 is 0 Å². The topological polar surface area (TPSA) is 63.6 Å². The minimum absolute atomic E-state index is 0.0581. The normalized spacial score (nSPS) is 12.2. The number of hydrogen-bond donors (Lipinski definition) is 1. The lowest BCUT2D eigenvalue weighted by atomic mass is 10.2. The summed E-state index contributed by atoms with van der Waals surface area (Å²) in [6.07, 6.45) is 0. The highest BCUT2D eigenvalue weighted by Crippen LogP contribution is 2.00. The number of carboxylic acid groups (broad SMARTS) is 1. The van der Waals surface area contributed by atoms with Gasteiger partial charge in [-0.1, -0.05) is 0 Å². The van der Waals surface area contributed by atoms with Crippen LogP contribution in [0.5, 0.6) is 0 Å². The molecule has 1 unspecified atom stereocenters. The van der Waals surface area contributed by atoms with Crippen LogP contribution in [0.4, 0.5) is 4.39 Å². The summed E-state index contributed by atoms with van der Waals surface area (Å²) >= 11 is 0. The third-order valence-electron chi connectivity index (χ3n) is 1.02. The van der Waals surface area contributed by atoms with Crippen LogP contribution in [0.25, 0.3) is 0 Å². The van der Waals surface area contributed by atoms with Crippen LogP contribution in [0.2, 0.25) is 0 Å². The molecule has 0 rings (SSSR count). The van der Waals surface area contributed by atoms with Gasteiger partial charge in [0, 0.05) is 0 Å². The third-order valence-corrected chi connectivity index (χ3v) is 1.02. The molecule has 0 aliphatic carbocycles. The fourth-order valence-corrected chi connectivity index (χ4v) is 0.473. The Morgan fingerprint density at radius 2 is 2.18 bits per heavy atom. The molecule has 0 saturated carbocycles. The monoisotopic (exact) mass is 164 g/mol. The summed E-state index contributed by atoms with van der Waals surface area (Å²) in [5.74, 6) is -4.19. The number of esters is 1. The van der Waals surface area contributed by atoms with E-state index in [1.54, 1.807) is 0 Å². The molecule has 0 aromatic heterocycles. The number of ether oxygens (including phenoxy) is 1. The lowest BCUT2D eigenvalue weighted by molar-refractivity contribution is -0.158. The first-order chi connectivity index (χ1) is 5.13. The summed E-state index contributed by atoms with van der Waals surface area (Å²) < 4.78 is 16.1. The zero-order valence-corrected chi connectivity index (χ0v) is 6.04. The van der Waals surface area contributed by atoms with Gasteiger partial charge in [-0.05, 0) is 6.92 Å². The first-order valence-electron chi connectivity index (χ1n) is 3.08. The van der Waals surface area contributed by atoms with Gasteiger partial charge in [-0.15, -0.1) is 0 Å². The molecule has 1 atom stereocenters.